The highest BCUT2D eigenvalue weighted by molar-refractivity contribution is 5.43. The maximum Gasteiger partial charge on any atom is 0.351 e. The number of ether oxygens (including phenoxy) is 3. The molecule has 1 heterocycles. The number of nitrogens with zero attached hydrogens (tertiary/aromatic N) is 2. The number of benzene rings is 2. The SMILES string of the molecule is COc1cc(OCc2ccc(Oc3ccc(C#N)c(C)c3)c(F)c2)nc(=O)[nH]1. The largest absolute Gasteiger partial charge is 0.482 e. The molecule has 0 aliphatic carbocycles. The van der Waals surface area contributed by atoms with Crippen LogP contribution in [0.1, 0.15) is 16.7 Å². The molecule has 0 fully saturated rings. The first-order chi connectivity index (χ1) is 13.5. The van der Waals surface area contributed by atoms with Crippen molar-refractivity contribution in [2.24, 2.45) is 0 Å². The second-order valence-electron chi connectivity index (χ2n) is 5.84. The van der Waals surface area contributed by atoms with Gasteiger partial charge < -0.3 is 14.2 Å². The van der Waals surface area contributed by atoms with Gasteiger partial charge in [0.2, 0.25) is 5.88 Å². The number of nitriles is 1. The first-order valence-corrected chi connectivity index (χ1v) is 8.23. The number of rotatable bonds is 6. The molecule has 0 aliphatic heterocycles. The number of methoxy groups -OCH3 is 1. The number of hydrogen-bond donors (Lipinski definition) is 1. The lowest BCUT2D eigenvalue weighted by Crippen LogP contribution is -2.12. The molecular weight excluding hydrogens is 365 g/mol. The number of halogens is 1. The average molecular weight is 381 g/mol. The normalized spacial score (nSPS) is 10.2. The van der Waals surface area contributed by atoms with Gasteiger partial charge in [0, 0.05) is 0 Å². The second kappa shape index (κ2) is 8.22. The first-order valence-electron chi connectivity index (χ1n) is 8.23. The molecule has 0 saturated heterocycles. The fourth-order valence-corrected chi connectivity index (χ4v) is 2.42. The summed E-state index contributed by atoms with van der Waals surface area (Å²) in [5.74, 6) is 0.180. The smallest absolute Gasteiger partial charge is 0.351 e. The Morgan fingerprint density at radius 2 is 2.04 bits per heavy atom. The molecular formula is C20H16FN3O4. The van der Waals surface area contributed by atoms with Crippen LogP contribution in [-0.2, 0) is 6.61 Å². The van der Waals surface area contributed by atoms with Gasteiger partial charge in [0.05, 0.1) is 24.8 Å². The van der Waals surface area contributed by atoms with Crippen LogP contribution in [0.25, 0.3) is 0 Å². The highest BCUT2D eigenvalue weighted by atomic mass is 19.1. The van der Waals surface area contributed by atoms with Crippen molar-refractivity contribution in [2.45, 2.75) is 13.5 Å². The number of aromatic amines is 1. The molecule has 8 heteroatoms. The van der Waals surface area contributed by atoms with E-state index in [0.717, 1.165) is 5.56 Å². The summed E-state index contributed by atoms with van der Waals surface area (Å²) in [7, 11) is 1.40. The van der Waals surface area contributed by atoms with Gasteiger partial charge in [-0.25, -0.2) is 9.18 Å². The lowest BCUT2D eigenvalue weighted by molar-refractivity contribution is 0.287. The molecule has 0 spiro atoms. The third kappa shape index (κ3) is 4.45. The summed E-state index contributed by atoms with van der Waals surface area (Å²) in [5.41, 5.74) is 1.19. The number of H-pyrrole nitrogens is 1. The van der Waals surface area contributed by atoms with Crippen molar-refractivity contribution >= 4 is 0 Å². The van der Waals surface area contributed by atoms with Gasteiger partial charge in [-0.15, -0.1) is 0 Å². The predicted octanol–water partition coefficient (Wildman–Crippen LogP) is 3.47. The summed E-state index contributed by atoms with van der Waals surface area (Å²) < 4.78 is 30.3. The second-order valence-corrected chi connectivity index (χ2v) is 5.84. The minimum absolute atomic E-state index is 0.00673. The van der Waals surface area contributed by atoms with E-state index < -0.39 is 11.5 Å². The Labute approximate surface area is 160 Å². The molecule has 0 atom stereocenters. The zero-order chi connectivity index (χ0) is 20.1. The number of hydrogen-bond acceptors (Lipinski definition) is 6. The molecule has 2 aromatic carbocycles. The molecule has 1 N–H and O–H groups in total. The molecule has 0 unspecified atom stereocenters. The van der Waals surface area contributed by atoms with Gasteiger partial charge in [-0.1, -0.05) is 6.07 Å². The molecule has 3 aromatic rings. The Kier molecular flexibility index (Phi) is 5.56. The van der Waals surface area contributed by atoms with Crippen molar-refractivity contribution < 1.29 is 18.6 Å². The van der Waals surface area contributed by atoms with Crippen molar-refractivity contribution in [3.63, 3.8) is 0 Å². The lowest BCUT2D eigenvalue weighted by atomic mass is 10.1. The maximum atomic E-state index is 14.4. The van der Waals surface area contributed by atoms with E-state index in [2.05, 4.69) is 16.0 Å². The van der Waals surface area contributed by atoms with Crippen LogP contribution in [0.15, 0.2) is 47.3 Å². The maximum absolute atomic E-state index is 14.4. The van der Waals surface area contributed by atoms with Crippen molar-refractivity contribution in [2.75, 3.05) is 7.11 Å². The molecule has 142 valence electrons. The number of nitrogens with one attached hydrogen (secondary N) is 1. The van der Waals surface area contributed by atoms with Crippen molar-refractivity contribution in [3.8, 4) is 29.3 Å². The summed E-state index contributed by atoms with van der Waals surface area (Å²) in [6.07, 6.45) is 0. The van der Waals surface area contributed by atoms with Crippen LogP contribution in [0.5, 0.6) is 23.3 Å². The van der Waals surface area contributed by atoms with E-state index in [1.165, 1.54) is 25.3 Å². The van der Waals surface area contributed by atoms with Crippen LogP contribution < -0.4 is 19.9 Å². The average Bonchev–Trinajstić information content (AvgIpc) is 2.68. The van der Waals surface area contributed by atoms with Crippen LogP contribution in [0.4, 0.5) is 4.39 Å². The molecule has 0 aliphatic rings. The van der Waals surface area contributed by atoms with E-state index in [1.807, 2.05) is 0 Å². The van der Waals surface area contributed by atoms with Gasteiger partial charge in [-0.3, -0.25) is 4.98 Å². The van der Waals surface area contributed by atoms with Gasteiger partial charge in [0.15, 0.2) is 17.4 Å². The quantitative estimate of drug-likeness (QED) is 0.702. The number of aromatic nitrogens is 2. The van der Waals surface area contributed by atoms with E-state index in [-0.39, 0.29) is 24.1 Å². The van der Waals surface area contributed by atoms with Gasteiger partial charge >= 0.3 is 5.69 Å². The highest BCUT2D eigenvalue weighted by Gasteiger charge is 2.09. The van der Waals surface area contributed by atoms with Crippen LogP contribution in [-0.4, -0.2) is 17.1 Å². The van der Waals surface area contributed by atoms with E-state index in [9.17, 15) is 9.18 Å². The predicted molar refractivity (Wildman–Crippen MR) is 98.1 cm³/mol. The fourth-order valence-electron chi connectivity index (χ4n) is 2.42. The zero-order valence-electron chi connectivity index (χ0n) is 15.2. The third-order valence-corrected chi connectivity index (χ3v) is 3.85. The van der Waals surface area contributed by atoms with E-state index in [0.29, 0.717) is 16.9 Å². The van der Waals surface area contributed by atoms with Crippen LogP contribution in [0, 0.1) is 24.1 Å². The Bertz CT molecular complexity index is 1110. The molecule has 0 amide bonds. The summed E-state index contributed by atoms with van der Waals surface area (Å²) in [6.45, 7) is 1.78. The number of aryl methyl sites for hydroxylation is 1. The van der Waals surface area contributed by atoms with Gasteiger partial charge in [0.25, 0.3) is 0 Å². The summed E-state index contributed by atoms with van der Waals surface area (Å²) in [4.78, 5) is 17.4. The van der Waals surface area contributed by atoms with Crippen LogP contribution in [0.2, 0.25) is 0 Å². The molecule has 0 radical (unpaired) electrons. The van der Waals surface area contributed by atoms with Crippen molar-refractivity contribution in [1.82, 2.24) is 9.97 Å². The van der Waals surface area contributed by atoms with Crippen LogP contribution >= 0.6 is 0 Å². The highest BCUT2D eigenvalue weighted by Crippen LogP contribution is 2.27. The summed E-state index contributed by atoms with van der Waals surface area (Å²) in [6, 6.07) is 12.8. The summed E-state index contributed by atoms with van der Waals surface area (Å²) in [5, 5.41) is 8.96. The minimum atomic E-state index is -0.609. The van der Waals surface area contributed by atoms with Gasteiger partial charge in [-0.2, -0.15) is 10.2 Å². The van der Waals surface area contributed by atoms with Crippen LogP contribution in [0.3, 0.4) is 0 Å². The third-order valence-electron chi connectivity index (χ3n) is 3.85. The Hall–Kier alpha value is -3.86. The van der Waals surface area contributed by atoms with Gasteiger partial charge in [0.1, 0.15) is 12.4 Å². The van der Waals surface area contributed by atoms with Crippen molar-refractivity contribution in [1.29, 1.82) is 5.26 Å². The Balaban J connectivity index is 1.70. The molecule has 0 saturated carbocycles. The Morgan fingerprint density at radius 1 is 1.21 bits per heavy atom. The van der Waals surface area contributed by atoms with E-state index in [4.69, 9.17) is 19.5 Å². The molecule has 1 aromatic heterocycles. The lowest BCUT2D eigenvalue weighted by Gasteiger charge is -2.10. The molecule has 0 bridgehead atoms. The van der Waals surface area contributed by atoms with Gasteiger partial charge in [-0.05, 0) is 48.4 Å². The molecule has 3 rings (SSSR count). The molecule has 28 heavy (non-hydrogen) atoms. The minimum Gasteiger partial charge on any atom is -0.482 e. The van der Waals surface area contributed by atoms with Crippen molar-refractivity contribution in [3.05, 3.63) is 75.5 Å². The summed E-state index contributed by atoms with van der Waals surface area (Å²) >= 11 is 0. The van der Waals surface area contributed by atoms with E-state index in [1.54, 1.807) is 31.2 Å². The zero-order valence-corrected chi connectivity index (χ0v) is 15.2. The Morgan fingerprint density at radius 3 is 2.71 bits per heavy atom. The topological polar surface area (TPSA) is 97.2 Å². The monoisotopic (exact) mass is 381 g/mol. The standard InChI is InChI=1S/C20H16FN3O4/c1-12-7-15(5-4-14(12)10-22)28-17-6-3-13(8-16(17)21)11-27-19-9-18(26-2)23-20(25)24-19/h3-9H,11H2,1-2H3,(H,23,24,25). The fraction of sp³-hybridized carbons (Fsp3) is 0.150. The molecule has 7 nitrogen and oxygen atoms in total. The first kappa shape index (κ1) is 18.9. The van der Waals surface area contributed by atoms with E-state index >= 15 is 0 Å².